The summed E-state index contributed by atoms with van der Waals surface area (Å²) in [6.45, 7) is 2.40. The van der Waals surface area contributed by atoms with Crippen molar-refractivity contribution < 1.29 is 9.84 Å². The van der Waals surface area contributed by atoms with Gasteiger partial charge in [0.2, 0.25) is 0 Å². The SMILES string of the molecule is COC[C@@H]1CCNC[C@@H]1O.Cl. The van der Waals surface area contributed by atoms with Gasteiger partial charge in [0.05, 0.1) is 12.7 Å². The normalized spacial score (nSPS) is 31.1. The molecule has 3 nitrogen and oxygen atoms in total. The molecule has 2 atom stereocenters. The maximum Gasteiger partial charge on any atom is 0.0715 e. The van der Waals surface area contributed by atoms with Crippen LogP contribution < -0.4 is 5.32 Å². The summed E-state index contributed by atoms with van der Waals surface area (Å²) in [6.07, 6.45) is 0.809. The first kappa shape index (κ1) is 11.2. The van der Waals surface area contributed by atoms with Crippen LogP contribution in [0.4, 0.5) is 0 Å². The molecule has 1 aliphatic heterocycles. The molecule has 0 aromatic carbocycles. The van der Waals surface area contributed by atoms with Gasteiger partial charge in [0, 0.05) is 19.6 Å². The van der Waals surface area contributed by atoms with Gasteiger partial charge in [-0.15, -0.1) is 12.4 Å². The summed E-state index contributed by atoms with van der Waals surface area (Å²) in [4.78, 5) is 0. The maximum atomic E-state index is 9.36. The van der Waals surface area contributed by atoms with Crippen molar-refractivity contribution in [3.05, 3.63) is 0 Å². The summed E-state index contributed by atoms with van der Waals surface area (Å²) in [5.74, 6) is 0.339. The fraction of sp³-hybridized carbons (Fsp3) is 1.00. The van der Waals surface area contributed by atoms with Gasteiger partial charge in [-0.25, -0.2) is 0 Å². The highest BCUT2D eigenvalue weighted by atomic mass is 35.5. The van der Waals surface area contributed by atoms with Crippen molar-refractivity contribution in [3.8, 4) is 0 Å². The molecule has 0 amide bonds. The van der Waals surface area contributed by atoms with Crippen molar-refractivity contribution in [3.63, 3.8) is 0 Å². The molecule has 11 heavy (non-hydrogen) atoms. The van der Waals surface area contributed by atoms with Crippen molar-refractivity contribution in [1.29, 1.82) is 0 Å². The van der Waals surface area contributed by atoms with Crippen LogP contribution in [0.1, 0.15) is 6.42 Å². The Hall–Kier alpha value is 0.170. The van der Waals surface area contributed by atoms with Gasteiger partial charge in [-0.05, 0) is 13.0 Å². The molecule has 1 fully saturated rings. The van der Waals surface area contributed by atoms with Gasteiger partial charge in [0.1, 0.15) is 0 Å². The molecule has 0 spiro atoms. The van der Waals surface area contributed by atoms with Gasteiger partial charge in [-0.2, -0.15) is 0 Å². The summed E-state index contributed by atoms with van der Waals surface area (Å²) in [5.41, 5.74) is 0. The molecule has 68 valence electrons. The largest absolute Gasteiger partial charge is 0.391 e. The van der Waals surface area contributed by atoms with Gasteiger partial charge in [0.15, 0.2) is 0 Å². The van der Waals surface area contributed by atoms with Crippen molar-refractivity contribution in [2.75, 3.05) is 26.8 Å². The Morgan fingerprint density at radius 3 is 2.91 bits per heavy atom. The van der Waals surface area contributed by atoms with E-state index in [9.17, 15) is 5.11 Å². The van der Waals surface area contributed by atoms with E-state index in [4.69, 9.17) is 4.74 Å². The standard InChI is InChI=1S/C7H15NO2.ClH/c1-10-5-6-2-3-8-4-7(6)9;/h6-9H,2-5H2,1H3;1H/t6-,7-;/m0./s1. The van der Waals surface area contributed by atoms with Crippen LogP contribution in [-0.4, -0.2) is 38.0 Å². The van der Waals surface area contributed by atoms with Gasteiger partial charge in [0.25, 0.3) is 0 Å². The number of aliphatic hydroxyl groups excluding tert-OH is 1. The third-order valence-corrected chi connectivity index (χ3v) is 1.97. The van der Waals surface area contributed by atoms with Crippen molar-refractivity contribution >= 4 is 12.4 Å². The Morgan fingerprint density at radius 2 is 2.36 bits per heavy atom. The molecule has 1 aliphatic rings. The number of piperidine rings is 1. The predicted octanol–water partition coefficient (Wildman–Crippen LogP) is 0.0250. The number of aliphatic hydroxyl groups is 1. The summed E-state index contributed by atoms with van der Waals surface area (Å²) in [6, 6.07) is 0. The number of β-amino-alcohol motifs (C(OH)–C–C–N with tert-alkyl or cyclic N) is 1. The summed E-state index contributed by atoms with van der Waals surface area (Å²) in [5, 5.41) is 12.5. The third-order valence-electron chi connectivity index (χ3n) is 1.97. The zero-order chi connectivity index (χ0) is 7.40. The predicted molar refractivity (Wildman–Crippen MR) is 46.1 cm³/mol. The van der Waals surface area contributed by atoms with E-state index in [-0.39, 0.29) is 18.5 Å². The smallest absolute Gasteiger partial charge is 0.0715 e. The van der Waals surface area contributed by atoms with E-state index in [0.29, 0.717) is 19.1 Å². The number of nitrogens with one attached hydrogen (secondary N) is 1. The number of rotatable bonds is 2. The first-order valence-electron chi connectivity index (χ1n) is 3.72. The molecule has 0 radical (unpaired) electrons. The average molecular weight is 182 g/mol. The maximum absolute atomic E-state index is 9.36. The first-order chi connectivity index (χ1) is 4.84. The van der Waals surface area contributed by atoms with E-state index in [0.717, 1.165) is 13.0 Å². The molecular formula is C7H16ClNO2. The second kappa shape index (κ2) is 5.77. The van der Waals surface area contributed by atoms with E-state index >= 15 is 0 Å². The summed E-state index contributed by atoms with van der Waals surface area (Å²) in [7, 11) is 1.68. The lowest BCUT2D eigenvalue weighted by molar-refractivity contribution is 0.0296. The van der Waals surface area contributed by atoms with Gasteiger partial charge >= 0.3 is 0 Å². The lowest BCUT2D eigenvalue weighted by Crippen LogP contribution is -2.42. The Kier molecular flexibility index (Phi) is 5.86. The highest BCUT2D eigenvalue weighted by Crippen LogP contribution is 2.11. The van der Waals surface area contributed by atoms with Crippen molar-refractivity contribution in [1.82, 2.24) is 5.32 Å². The van der Waals surface area contributed by atoms with E-state index < -0.39 is 0 Å². The lowest BCUT2D eigenvalue weighted by Gasteiger charge is -2.27. The molecule has 0 bridgehead atoms. The van der Waals surface area contributed by atoms with Gasteiger partial charge < -0.3 is 15.2 Å². The van der Waals surface area contributed by atoms with Crippen LogP contribution in [-0.2, 0) is 4.74 Å². The summed E-state index contributed by atoms with van der Waals surface area (Å²) >= 11 is 0. The quantitative estimate of drug-likeness (QED) is 0.632. The van der Waals surface area contributed by atoms with E-state index in [1.807, 2.05) is 0 Å². The van der Waals surface area contributed by atoms with Crippen molar-refractivity contribution in [2.45, 2.75) is 12.5 Å². The molecule has 1 saturated heterocycles. The third kappa shape index (κ3) is 3.38. The topological polar surface area (TPSA) is 41.5 Å². The molecule has 0 saturated carbocycles. The second-order valence-electron chi connectivity index (χ2n) is 2.78. The van der Waals surface area contributed by atoms with Crippen LogP contribution in [0.5, 0.6) is 0 Å². The number of hydrogen-bond donors (Lipinski definition) is 2. The molecule has 0 aliphatic carbocycles. The Morgan fingerprint density at radius 1 is 1.64 bits per heavy atom. The summed E-state index contributed by atoms with van der Waals surface area (Å²) < 4.78 is 4.96. The van der Waals surface area contributed by atoms with E-state index in [1.165, 1.54) is 0 Å². The highest BCUT2D eigenvalue weighted by molar-refractivity contribution is 5.85. The fourth-order valence-corrected chi connectivity index (χ4v) is 1.30. The Balaban J connectivity index is 0.000001000. The number of hydrogen-bond acceptors (Lipinski definition) is 3. The van der Waals surface area contributed by atoms with Crippen LogP contribution in [0.3, 0.4) is 0 Å². The number of ether oxygens (including phenoxy) is 1. The highest BCUT2D eigenvalue weighted by Gasteiger charge is 2.21. The fourth-order valence-electron chi connectivity index (χ4n) is 1.30. The van der Waals surface area contributed by atoms with Crippen LogP contribution in [0, 0.1) is 5.92 Å². The molecular weight excluding hydrogens is 166 g/mol. The Labute approximate surface area is 73.5 Å². The second-order valence-corrected chi connectivity index (χ2v) is 2.78. The van der Waals surface area contributed by atoms with Crippen LogP contribution in [0.15, 0.2) is 0 Å². The van der Waals surface area contributed by atoms with E-state index in [1.54, 1.807) is 7.11 Å². The minimum absolute atomic E-state index is 0. The number of methoxy groups -OCH3 is 1. The molecule has 2 N–H and O–H groups in total. The zero-order valence-electron chi connectivity index (χ0n) is 6.75. The van der Waals surface area contributed by atoms with Crippen LogP contribution >= 0.6 is 12.4 Å². The van der Waals surface area contributed by atoms with Crippen molar-refractivity contribution in [2.24, 2.45) is 5.92 Å². The van der Waals surface area contributed by atoms with Gasteiger partial charge in [-0.1, -0.05) is 0 Å². The van der Waals surface area contributed by atoms with Crippen LogP contribution in [0.2, 0.25) is 0 Å². The van der Waals surface area contributed by atoms with E-state index in [2.05, 4.69) is 5.32 Å². The minimum atomic E-state index is -0.214. The Bertz CT molecular complexity index is 100. The number of halogens is 1. The molecule has 0 aromatic rings. The monoisotopic (exact) mass is 181 g/mol. The van der Waals surface area contributed by atoms with Crippen LogP contribution in [0.25, 0.3) is 0 Å². The first-order valence-corrected chi connectivity index (χ1v) is 3.72. The lowest BCUT2D eigenvalue weighted by atomic mass is 9.96. The molecule has 0 unspecified atom stereocenters. The average Bonchev–Trinajstić information content (AvgIpc) is 1.94. The zero-order valence-corrected chi connectivity index (χ0v) is 7.56. The molecule has 4 heteroatoms. The molecule has 1 rings (SSSR count). The molecule has 1 heterocycles. The van der Waals surface area contributed by atoms with Gasteiger partial charge in [-0.3, -0.25) is 0 Å². The molecule has 0 aromatic heterocycles. The minimum Gasteiger partial charge on any atom is -0.391 e.